The van der Waals surface area contributed by atoms with Gasteiger partial charge in [0, 0.05) is 31.6 Å². The molecule has 3 heterocycles. The maximum absolute atomic E-state index is 13.8. The number of piperidine rings is 2. The minimum Gasteiger partial charge on any atom is -0.374 e. The van der Waals surface area contributed by atoms with Crippen molar-refractivity contribution in [1.82, 2.24) is 15.1 Å². The number of carbonyl (C=O) groups is 2. The molecule has 216 valence electrons. The fraction of sp³-hybridized carbons (Fsp3) is 0.533. The zero-order chi connectivity index (χ0) is 28.3. The van der Waals surface area contributed by atoms with Crippen LogP contribution >= 0.6 is 0 Å². The van der Waals surface area contributed by atoms with Gasteiger partial charge in [0.2, 0.25) is 21.8 Å². The molecule has 10 heteroatoms. The summed E-state index contributed by atoms with van der Waals surface area (Å²) >= 11 is 0. The molecule has 0 radical (unpaired) electrons. The number of rotatable bonds is 8. The second kappa shape index (κ2) is 11.9. The van der Waals surface area contributed by atoms with Crippen LogP contribution in [0, 0.1) is 5.92 Å². The Labute approximate surface area is 237 Å². The average Bonchev–Trinajstić information content (AvgIpc) is 3.27. The Hall–Kier alpha value is -2.95. The highest BCUT2D eigenvalue weighted by Crippen LogP contribution is 2.47. The van der Waals surface area contributed by atoms with E-state index in [2.05, 4.69) is 10.2 Å². The van der Waals surface area contributed by atoms with Gasteiger partial charge >= 0.3 is 0 Å². The maximum Gasteiger partial charge on any atom is 0.247 e. The van der Waals surface area contributed by atoms with Crippen LogP contribution in [0.3, 0.4) is 0 Å². The van der Waals surface area contributed by atoms with Crippen molar-refractivity contribution in [3.63, 3.8) is 0 Å². The maximum atomic E-state index is 13.8. The molecule has 2 aromatic rings. The highest BCUT2D eigenvalue weighted by atomic mass is 32.2. The SMILES string of the molecule is CN1CCCC(C(=O)N[C@H](COCc2ccccc2)C(=O)N2CCC3(CC2)CN(S(C)(=O)=O)c2ccccc23)C1. The summed E-state index contributed by atoms with van der Waals surface area (Å²) in [4.78, 5) is 31.0. The number of benzene rings is 2. The van der Waals surface area contributed by atoms with Crippen LogP contribution in [0.15, 0.2) is 54.6 Å². The third kappa shape index (κ3) is 6.19. The van der Waals surface area contributed by atoms with E-state index in [1.165, 1.54) is 10.6 Å². The fourth-order valence-corrected chi connectivity index (χ4v) is 7.40. The lowest BCUT2D eigenvalue weighted by Crippen LogP contribution is -2.56. The fourth-order valence-electron chi connectivity index (χ4n) is 6.40. The largest absolute Gasteiger partial charge is 0.374 e. The Bertz CT molecular complexity index is 1310. The van der Waals surface area contributed by atoms with Crippen molar-refractivity contribution >= 4 is 27.5 Å². The lowest BCUT2D eigenvalue weighted by Gasteiger charge is -2.41. The Kier molecular flexibility index (Phi) is 8.49. The molecule has 9 nitrogen and oxygen atoms in total. The van der Waals surface area contributed by atoms with Gasteiger partial charge in [-0.15, -0.1) is 0 Å². The molecule has 2 atom stereocenters. The van der Waals surface area contributed by atoms with Crippen LogP contribution in [0.1, 0.15) is 36.8 Å². The zero-order valence-corrected chi connectivity index (χ0v) is 24.2. The molecular weight excluding hydrogens is 528 g/mol. The summed E-state index contributed by atoms with van der Waals surface area (Å²) in [5, 5.41) is 3.02. The highest BCUT2D eigenvalue weighted by Gasteiger charge is 2.48. The Morgan fingerprint density at radius 2 is 1.75 bits per heavy atom. The van der Waals surface area contributed by atoms with E-state index in [0.29, 0.717) is 45.6 Å². The number of amides is 2. The summed E-state index contributed by atoms with van der Waals surface area (Å²) in [6.45, 7) is 3.47. The number of ether oxygens (including phenoxy) is 1. The van der Waals surface area contributed by atoms with Crippen LogP contribution in [0.4, 0.5) is 5.69 Å². The molecule has 3 aliphatic rings. The third-order valence-corrected chi connectivity index (χ3v) is 9.76. The normalized spacial score (nSPS) is 21.7. The minimum absolute atomic E-state index is 0.0916. The molecule has 0 aromatic heterocycles. The molecule has 2 saturated heterocycles. The Morgan fingerprint density at radius 1 is 1.05 bits per heavy atom. The molecule has 0 aliphatic carbocycles. The van der Waals surface area contributed by atoms with E-state index in [4.69, 9.17) is 4.74 Å². The van der Waals surface area contributed by atoms with Gasteiger partial charge < -0.3 is 19.9 Å². The van der Waals surface area contributed by atoms with E-state index < -0.39 is 16.1 Å². The number of nitrogens with zero attached hydrogens (tertiary/aromatic N) is 3. The molecule has 0 bridgehead atoms. The van der Waals surface area contributed by atoms with Crippen LogP contribution in [-0.2, 0) is 36.4 Å². The van der Waals surface area contributed by atoms with Crippen molar-refractivity contribution in [3.8, 4) is 0 Å². The second-order valence-electron chi connectivity index (χ2n) is 11.6. The van der Waals surface area contributed by atoms with Gasteiger partial charge in [-0.05, 0) is 56.5 Å². The number of likely N-dealkylation sites (tertiary alicyclic amines) is 2. The molecule has 2 fully saturated rings. The third-order valence-electron chi connectivity index (χ3n) is 8.63. The number of para-hydroxylation sites is 1. The lowest BCUT2D eigenvalue weighted by atomic mass is 9.74. The van der Waals surface area contributed by atoms with Gasteiger partial charge in [0.15, 0.2) is 0 Å². The zero-order valence-electron chi connectivity index (χ0n) is 23.4. The first kappa shape index (κ1) is 28.6. The van der Waals surface area contributed by atoms with E-state index in [9.17, 15) is 18.0 Å². The number of anilines is 1. The van der Waals surface area contributed by atoms with Gasteiger partial charge in [0.1, 0.15) is 6.04 Å². The quantitative estimate of drug-likeness (QED) is 0.525. The molecule has 1 unspecified atom stereocenters. The van der Waals surface area contributed by atoms with E-state index in [1.807, 2.05) is 61.6 Å². The summed E-state index contributed by atoms with van der Waals surface area (Å²) in [5.41, 5.74) is 2.45. The monoisotopic (exact) mass is 568 g/mol. The predicted octanol–water partition coefficient (Wildman–Crippen LogP) is 2.37. The second-order valence-corrected chi connectivity index (χ2v) is 13.5. The molecule has 1 N–H and O–H groups in total. The van der Waals surface area contributed by atoms with Crippen LogP contribution in [0.2, 0.25) is 0 Å². The van der Waals surface area contributed by atoms with Crippen molar-refractivity contribution in [3.05, 3.63) is 65.7 Å². The number of fused-ring (bicyclic) bond motifs is 2. The molecule has 2 aromatic carbocycles. The van der Waals surface area contributed by atoms with Gasteiger partial charge in [0.25, 0.3) is 0 Å². The van der Waals surface area contributed by atoms with Gasteiger partial charge in [-0.2, -0.15) is 0 Å². The molecule has 40 heavy (non-hydrogen) atoms. The van der Waals surface area contributed by atoms with Gasteiger partial charge in [-0.3, -0.25) is 13.9 Å². The van der Waals surface area contributed by atoms with E-state index >= 15 is 0 Å². The number of hydrogen-bond acceptors (Lipinski definition) is 6. The molecule has 2 amide bonds. The number of sulfonamides is 1. The lowest BCUT2D eigenvalue weighted by molar-refractivity contribution is -0.141. The standard InChI is InChI=1S/C30H40N4O5S/c1-32-16-8-11-24(19-32)28(35)31-26(21-39-20-23-9-4-3-5-10-23)29(36)33-17-14-30(15-18-33)22-34(40(2,37)38)27-13-7-6-12-25(27)30/h3-7,9-10,12-13,24,26H,8,11,14-22H2,1-2H3,(H,31,35)/t24?,26-/m1/s1. The summed E-state index contributed by atoms with van der Waals surface area (Å²) < 4.78 is 32.5. The average molecular weight is 569 g/mol. The summed E-state index contributed by atoms with van der Waals surface area (Å²) in [7, 11) is -1.40. The van der Waals surface area contributed by atoms with Gasteiger partial charge in [-0.1, -0.05) is 48.5 Å². The van der Waals surface area contributed by atoms with E-state index in [0.717, 1.165) is 36.2 Å². The van der Waals surface area contributed by atoms with Crippen LogP contribution in [0.5, 0.6) is 0 Å². The summed E-state index contributed by atoms with van der Waals surface area (Å²) in [6, 6.07) is 16.7. The first-order valence-electron chi connectivity index (χ1n) is 14.1. The summed E-state index contributed by atoms with van der Waals surface area (Å²) in [6.07, 6.45) is 4.32. The van der Waals surface area contributed by atoms with Gasteiger partial charge in [-0.25, -0.2) is 8.42 Å². The molecule has 3 aliphatic heterocycles. The van der Waals surface area contributed by atoms with Gasteiger partial charge in [0.05, 0.1) is 31.1 Å². The van der Waals surface area contributed by atoms with Crippen LogP contribution in [-0.4, -0.2) is 88.7 Å². The van der Waals surface area contributed by atoms with E-state index in [-0.39, 0.29) is 29.8 Å². The Morgan fingerprint density at radius 3 is 2.45 bits per heavy atom. The Balaban J connectivity index is 1.27. The van der Waals surface area contributed by atoms with Crippen molar-refractivity contribution in [2.75, 3.05) is 56.9 Å². The van der Waals surface area contributed by atoms with Crippen molar-refractivity contribution in [1.29, 1.82) is 0 Å². The molecule has 0 saturated carbocycles. The predicted molar refractivity (Wildman–Crippen MR) is 154 cm³/mol. The number of carbonyl (C=O) groups excluding carboxylic acids is 2. The minimum atomic E-state index is -3.41. The molecule has 1 spiro atoms. The van der Waals surface area contributed by atoms with Crippen LogP contribution in [0.25, 0.3) is 0 Å². The molecular formula is C30H40N4O5S. The number of hydrogen-bond donors (Lipinski definition) is 1. The smallest absolute Gasteiger partial charge is 0.247 e. The van der Waals surface area contributed by atoms with Crippen molar-refractivity contribution in [2.24, 2.45) is 5.92 Å². The molecule has 5 rings (SSSR count). The summed E-state index contributed by atoms with van der Waals surface area (Å²) in [5.74, 6) is -0.397. The van der Waals surface area contributed by atoms with Crippen molar-refractivity contribution < 1.29 is 22.7 Å². The first-order valence-corrected chi connectivity index (χ1v) is 16.0. The highest BCUT2D eigenvalue weighted by molar-refractivity contribution is 7.92. The number of nitrogens with one attached hydrogen (secondary N) is 1. The first-order chi connectivity index (χ1) is 19.2. The van der Waals surface area contributed by atoms with Crippen LogP contribution < -0.4 is 9.62 Å². The van der Waals surface area contributed by atoms with E-state index in [1.54, 1.807) is 4.90 Å². The topological polar surface area (TPSA) is 99.3 Å². The van der Waals surface area contributed by atoms with Crippen molar-refractivity contribution in [2.45, 2.75) is 43.7 Å².